The number of carbonyl (C=O) groups is 1. The van der Waals surface area contributed by atoms with Crippen molar-refractivity contribution in [3.63, 3.8) is 0 Å². The van der Waals surface area contributed by atoms with E-state index in [1.165, 1.54) is 0 Å². The third-order valence-corrected chi connectivity index (χ3v) is 4.19. The summed E-state index contributed by atoms with van der Waals surface area (Å²) in [7, 11) is 1.82. The van der Waals surface area contributed by atoms with Crippen LogP contribution < -0.4 is 5.32 Å². The van der Waals surface area contributed by atoms with E-state index in [4.69, 9.17) is 0 Å². The molecule has 1 saturated heterocycles. The van der Waals surface area contributed by atoms with E-state index in [9.17, 15) is 4.79 Å². The van der Waals surface area contributed by atoms with E-state index in [0.717, 1.165) is 43.9 Å². The molecule has 3 rings (SSSR count). The van der Waals surface area contributed by atoms with E-state index >= 15 is 0 Å². The molecule has 0 unspecified atom stereocenters. The molecule has 1 atom stereocenters. The van der Waals surface area contributed by atoms with Crippen LogP contribution in [0.4, 0.5) is 5.82 Å². The largest absolute Gasteiger partial charge is 0.372 e. The Bertz CT molecular complexity index is 642. The van der Waals surface area contributed by atoms with Crippen LogP contribution in [0.15, 0.2) is 31.1 Å². The lowest BCUT2D eigenvalue weighted by atomic mass is 10.1. The van der Waals surface area contributed by atoms with Crippen LogP contribution in [0.3, 0.4) is 0 Å². The van der Waals surface area contributed by atoms with E-state index in [0.29, 0.717) is 6.42 Å². The monoisotopic (exact) mass is 314 g/mol. The highest BCUT2D eigenvalue weighted by molar-refractivity contribution is 5.77. The first-order chi connectivity index (χ1) is 11.3. The molecule has 0 spiro atoms. The average Bonchev–Trinajstić information content (AvgIpc) is 3.26. The zero-order valence-electron chi connectivity index (χ0n) is 13.4. The van der Waals surface area contributed by atoms with Gasteiger partial charge in [0.1, 0.15) is 5.82 Å². The molecule has 1 N–H and O–H groups in total. The Morgan fingerprint density at radius 1 is 1.39 bits per heavy atom. The van der Waals surface area contributed by atoms with Crippen LogP contribution in [0, 0.1) is 0 Å². The second-order valence-electron chi connectivity index (χ2n) is 5.73. The van der Waals surface area contributed by atoms with E-state index < -0.39 is 0 Å². The highest BCUT2D eigenvalue weighted by atomic mass is 16.2. The molecule has 1 amide bonds. The Hall–Kier alpha value is -2.44. The number of aryl methyl sites for hydroxylation is 1. The molecule has 0 radical (unpaired) electrons. The van der Waals surface area contributed by atoms with E-state index in [2.05, 4.69) is 20.3 Å². The zero-order valence-corrected chi connectivity index (χ0v) is 13.4. The van der Waals surface area contributed by atoms with Crippen LogP contribution in [0.2, 0.25) is 0 Å². The Morgan fingerprint density at radius 2 is 2.30 bits per heavy atom. The first kappa shape index (κ1) is 15.5. The predicted molar refractivity (Wildman–Crippen MR) is 86.7 cm³/mol. The van der Waals surface area contributed by atoms with Gasteiger partial charge in [0.05, 0.1) is 30.5 Å². The van der Waals surface area contributed by atoms with Crippen LogP contribution in [0.1, 0.15) is 37.4 Å². The predicted octanol–water partition coefficient (Wildman–Crippen LogP) is 1.86. The van der Waals surface area contributed by atoms with Crippen molar-refractivity contribution in [3.8, 4) is 0 Å². The van der Waals surface area contributed by atoms with Crippen molar-refractivity contribution in [1.29, 1.82) is 0 Å². The fourth-order valence-corrected chi connectivity index (χ4v) is 3.01. The van der Waals surface area contributed by atoms with Gasteiger partial charge >= 0.3 is 0 Å². The number of anilines is 1. The van der Waals surface area contributed by atoms with Crippen molar-refractivity contribution >= 4 is 11.7 Å². The molecule has 0 bridgehead atoms. The van der Waals surface area contributed by atoms with Gasteiger partial charge in [0.15, 0.2) is 0 Å². The number of nitrogens with one attached hydrogen (secondary N) is 1. The van der Waals surface area contributed by atoms with Crippen LogP contribution in [0.5, 0.6) is 0 Å². The number of carbonyl (C=O) groups excluding carboxylic acids is 1. The quantitative estimate of drug-likeness (QED) is 0.881. The summed E-state index contributed by atoms with van der Waals surface area (Å²) in [6.07, 6.45) is 12.3. The molecule has 3 heterocycles. The summed E-state index contributed by atoms with van der Waals surface area (Å²) in [5.74, 6) is 0.936. The summed E-state index contributed by atoms with van der Waals surface area (Å²) in [5, 5.41) is 3.00. The molecule has 0 aromatic carbocycles. The molecule has 1 fully saturated rings. The topological polar surface area (TPSA) is 75.9 Å². The van der Waals surface area contributed by atoms with Crippen molar-refractivity contribution in [2.75, 3.05) is 18.9 Å². The minimum absolute atomic E-state index is 0.0524. The summed E-state index contributed by atoms with van der Waals surface area (Å²) in [6.45, 7) is 1.62. The van der Waals surface area contributed by atoms with Gasteiger partial charge in [-0.3, -0.25) is 9.78 Å². The lowest BCUT2D eigenvalue weighted by molar-refractivity contribution is -0.132. The van der Waals surface area contributed by atoms with Crippen molar-refractivity contribution in [2.45, 2.75) is 38.3 Å². The Labute approximate surface area is 135 Å². The van der Waals surface area contributed by atoms with Crippen LogP contribution in [-0.2, 0) is 11.3 Å². The van der Waals surface area contributed by atoms with Crippen LogP contribution in [-0.4, -0.2) is 43.9 Å². The maximum Gasteiger partial charge on any atom is 0.223 e. The molecule has 1 aliphatic heterocycles. The molecule has 7 heteroatoms. The van der Waals surface area contributed by atoms with Crippen LogP contribution in [0.25, 0.3) is 0 Å². The number of nitrogens with zero attached hydrogens (tertiary/aromatic N) is 5. The van der Waals surface area contributed by atoms with Gasteiger partial charge < -0.3 is 14.8 Å². The molecule has 7 nitrogen and oxygen atoms in total. The Kier molecular flexibility index (Phi) is 4.85. The second kappa shape index (κ2) is 7.21. The molecule has 2 aromatic rings. The summed E-state index contributed by atoms with van der Waals surface area (Å²) in [4.78, 5) is 27.3. The first-order valence-electron chi connectivity index (χ1n) is 8.03. The van der Waals surface area contributed by atoms with Gasteiger partial charge in [-0.05, 0) is 19.3 Å². The number of imidazole rings is 1. The van der Waals surface area contributed by atoms with E-state index in [1.807, 2.05) is 22.7 Å². The summed E-state index contributed by atoms with van der Waals surface area (Å²) >= 11 is 0. The van der Waals surface area contributed by atoms with Gasteiger partial charge in [-0.2, -0.15) is 0 Å². The first-order valence-corrected chi connectivity index (χ1v) is 8.03. The summed E-state index contributed by atoms with van der Waals surface area (Å²) in [6, 6.07) is 0.0524. The summed E-state index contributed by atoms with van der Waals surface area (Å²) < 4.78 is 2.00. The molecular formula is C16H22N6O. The number of likely N-dealkylation sites (tertiary alicyclic amines) is 1. The van der Waals surface area contributed by atoms with Crippen molar-refractivity contribution < 1.29 is 4.79 Å². The van der Waals surface area contributed by atoms with Gasteiger partial charge in [0, 0.05) is 39.0 Å². The maximum absolute atomic E-state index is 12.5. The summed E-state index contributed by atoms with van der Waals surface area (Å²) in [5.41, 5.74) is 0.873. The standard InChI is InChI=1S/C16H22N6O/c1-17-15-11-19-10-13(20-15)14-4-2-8-22(14)16(23)5-3-7-21-9-6-18-12-21/h6,9-12,14H,2-5,7-8H2,1H3,(H,17,20)/t14-/m1/s1. The molecule has 1 aliphatic rings. The van der Waals surface area contributed by atoms with E-state index in [1.54, 1.807) is 24.9 Å². The fraction of sp³-hybridized carbons (Fsp3) is 0.500. The van der Waals surface area contributed by atoms with E-state index in [-0.39, 0.29) is 11.9 Å². The highest BCUT2D eigenvalue weighted by Gasteiger charge is 2.30. The highest BCUT2D eigenvalue weighted by Crippen LogP contribution is 2.31. The van der Waals surface area contributed by atoms with Crippen molar-refractivity contribution in [3.05, 3.63) is 36.8 Å². The number of hydrogen-bond donors (Lipinski definition) is 1. The molecule has 0 aliphatic carbocycles. The smallest absolute Gasteiger partial charge is 0.223 e. The Morgan fingerprint density at radius 3 is 3.09 bits per heavy atom. The SMILES string of the molecule is CNc1cncc([C@H]2CCCN2C(=O)CCCn2ccnc2)n1. The van der Waals surface area contributed by atoms with Crippen molar-refractivity contribution in [1.82, 2.24) is 24.4 Å². The molecular weight excluding hydrogens is 292 g/mol. The van der Waals surface area contributed by atoms with Gasteiger partial charge in [0.25, 0.3) is 0 Å². The fourth-order valence-electron chi connectivity index (χ4n) is 3.01. The van der Waals surface area contributed by atoms with Gasteiger partial charge in [-0.15, -0.1) is 0 Å². The lowest BCUT2D eigenvalue weighted by Gasteiger charge is -2.24. The third kappa shape index (κ3) is 3.67. The number of hydrogen-bond acceptors (Lipinski definition) is 5. The molecule has 23 heavy (non-hydrogen) atoms. The molecule has 0 saturated carbocycles. The molecule has 122 valence electrons. The minimum Gasteiger partial charge on any atom is -0.372 e. The normalized spacial score (nSPS) is 17.4. The second-order valence-corrected chi connectivity index (χ2v) is 5.73. The minimum atomic E-state index is 0.0524. The lowest BCUT2D eigenvalue weighted by Crippen LogP contribution is -2.31. The van der Waals surface area contributed by atoms with Gasteiger partial charge in [0.2, 0.25) is 5.91 Å². The van der Waals surface area contributed by atoms with Gasteiger partial charge in [-0.1, -0.05) is 0 Å². The number of aromatic nitrogens is 4. The average molecular weight is 314 g/mol. The molecule has 2 aromatic heterocycles. The number of amides is 1. The third-order valence-electron chi connectivity index (χ3n) is 4.19. The maximum atomic E-state index is 12.5. The zero-order chi connectivity index (χ0) is 16.1. The Balaban J connectivity index is 1.60. The number of rotatable bonds is 6. The van der Waals surface area contributed by atoms with Crippen molar-refractivity contribution in [2.24, 2.45) is 0 Å². The van der Waals surface area contributed by atoms with Crippen LogP contribution >= 0.6 is 0 Å². The van der Waals surface area contributed by atoms with Gasteiger partial charge in [-0.25, -0.2) is 9.97 Å².